The van der Waals surface area contributed by atoms with Gasteiger partial charge in [-0.05, 0) is 44.0 Å². The molecule has 6 nitrogen and oxygen atoms in total. The zero-order chi connectivity index (χ0) is 15.5. The second kappa shape index (κ2) is 6.55. The van der Waals surface area contributed by atoms with Gasteiger partial charge in [-0.15, -0.1) is 0 Å². The third kappa shape index (κ3) is 4.03. The number of carbonyl (C=O) groups is 1. The minimum Gasteiger partial charge on any atom is -0.328 e. The summed E-state index contributed by atoms with van der Waals surface area (Å²) in [7, 11) is -3.52. The maximum absolute atomic E-state index is 12.1. The number of sulfonamides is 1. The van der Waals surface area contributed by atoms with Crippen LogP contribution in [0.15, 0.2) is 29.2 Å². The molecule has 21 heavy (non-hydrogen) atoms. The van der Waals surface area contributed by atoms with Gasteiger partial charge in [0.05, 0.1) is 4.90 Å². The molecule has 116 valence electrons. The molecule has 3 N–H and O–H groups in total. The molecule has 0 aliphatic carbocycles. The van der Waals surface area contributed by atoms with Crippen LogP contribution >= 0.6 is 0 Å². The summed E-state index contributed by atoms with van der Waals surface area (Å²) in [6, 6.07) is 6.34. The minimum absolute atomic E-state index is 0.0451. The third-order valence-electron chi connectivity index (χ3n) is 3.42. The topological polar surface area (TPSA) is 92.5 Å². The van der Waals surface area contributed by atoms with Gasteiger partial charge in [0.2, 0.25) is 15.9 Å². The van der Waals surface area contributed by atoms with Crippen molar-refractivity contribution < 1.29 is 13.2 Å². The van der Waals surface area contributed by atoms with Gasteiger partial charge in [-0.25, -0.2) is 13.1 Å². The van der Waals surface area contributed by atoms with Gasteiger partial charge in [-0.2, -0.15) is 0 Å². The van der Waals surface area contributed by atoms with Crippen LogP contribution in [0.2, 0.25) is 0 Å². The molecule has 1 unspecified atom stereocenters. The molecular formula is C14H21N3O3S. The molecule has 1 fully saturated rings. The summed E-state index contributed by atoms with van der Waals surface area (Å²) in [5.74, 6) is 0.0839. The Kier molecular flexibility index (Phi) is 4.97. The van der Waals surface area contributed by atoms with E-state index in [0.717, 1.165) is 12.1 Å². The van der Waals surface area contributed by atoms with Gasteiger partial charge in [0.1, 0.15) is 0 Å². The van der Waals surface area contributed by atoms with Crippen LogP contribution in [0.1, 0.15) is 26.2 Å². The number of benzene rings is 1. The second-order valence-corrected chi connectivity index (χ2v) is 7.07. The summed E-state index contributed by atoms with van der Waals surface area (Å²) in [5, 5.41) is 0. The summed E-state index contributed by atoms with van der Waals surface area (Å²) in [5.41, 5.74) is 6.33. The number of amides is 1. The van der Waals surface area contributed by atoms with Crippen molar-refractivity contribution in [3.05, 3.63) is 24.3 Å². The van der Waals surface area contributed by atoms with E-state index in [0.29, 0.717) is 25.9 Å². The molecule has 1 aromatic carbocycles. The highest BCUT2D eigenvalue weighted by atomic mass is 32.2. The lowest BCUT2D eigenvalue weighted by Crippen LogP contribution is -2.29. The quantitative estimate of drug-likeness (QED) is 0.814. The molecular weight excluding hydrogens is 290 g/mol. The highest BCUT2D eigenvalue weighted by molar-refractivity contribution is 7.89. The molecule has 0 aromatic heterocycles. The molecule has 1 saturated heterocycles. The maximum Gasteiger partial charge on any atom is 0.240 e. The third-order valence-corrected chi connectivity index (χ3v) is 4.90. The fourth-order valence-corrected chi connectivity index (χ4v) is 3.28. The molecule has 0 bridgehead atoms. The van der Waals surface area contributed by atoms with Crippen LogP contribution in [-0.4, -0.2) is 33.5 Å². The fraction of sp³-hybridized carbons (Fsp3) is 0.500. The predicted molar refractivity (Wildman–Crippen MR) is 81.5 cm³/mol. The first-order valence-corrected chi connectivity index (χ1v) is 8.54. The Bertz CT molecular complexity index is 596. The van der Waals surface area contributed by atoms with Crippen molar-refractivity contribution in [2.24, 2.45) is 5.73 Å². The minimum atomic E-state index is -3.52. The average molecular weight is 311 g/mol. The SMILES string of the molecule is CC(N)CCNS(=O)(=O)c1ccc(N2CCCC2=O)cc1. The van der Waals surface area contributed by atoms with Crippen LogP contribution in [0.5, 0.6) is 0 Å². The number of rotatable bonds is 6. The van der Waals surface area contributed by atoms with Gasteiger partial charge in [0, 0.05) is 31.2 Å². The maximum atomic E-state index is 12.1. The van der Waals surface area contributed by atoms with E-state index in [1.807, 2.05) is 6.92 Å². The lowest BCUT2D eigenvalue weighted by molar-refractivity contribution is -0.117. The zero-order valence-corrected chi connectivity index (χ0v) is 12.9. The molecule has 1 atom stereocenters. The highest BCUT2D eigenvalue weighted by Crippen LogP contribution is 2.22. The Balaban J connectivity index is 2.05. The van der Waals surface area contributed by atoms with Crippen LogP contribution in [0.4, 0.5) is 5.69 Å². The van der Waals surface area contributed by atoms with E-state index < -0.39 is 10.0 Å². The van der Waals surface area contributed by atoms with Gasteiger partial charge in [-0.3, -0.25) is 4.79 Å². The van der Waals surface area contributed by atoms with E-state index >= 15 is 0 Å². The van der Waals surface area contributed by atoms with E-state index in [4.69, 9.17) is 5.73 Å². The fourth-order valence-electron chi connectivity index (χ4n) is 2.23. The summed E-state index contributed by atoms with van der Waals surface area (Å²) in [4.78, 5) is 13.5. The van der Waals surface area contributed by atoms with Crippen molar-refractivity contribution in [1.29, 1.82) is 0 Å². The summed E-state index contributed by atoms with van der Waals surface area (Å²) < 4.78 is 26.7. The summed E-state index contributed by atoms with van der Waals surface area (Å²) in [6.07, 6.45) is 1.98. The van der Waals surface area contributed by atoms with Gasteiger partial charge < -0.3 is 10.6 Å². The Morgan fingerprint density at radius 2 is 2.00 bits per heavy atom. The Labute approximate surface area is 125 Å². The van der Waals surface area contributed by atoms with E-state index in [1.165, 1.54) is 12.1 Å². The Morgan fingerprint density at radius 3 is 2.52 bits per heavy atom. The molecule has 1 amide bonds. The number of hydrogen-bond acceptors (Lipinski definition) is 4. The second-order valence-electron chi connectivity index (χ2n) is 5.31. The van der Waals surface area contributed by atoms with Gasteiger partial charge in [0.25, 0.3) is 0 Å². The van der Waals surface area contributed by atoms with Crippen molar-refractivity contribution in [3.8, 4) is 0 Å². The molecule has 0 saturated carbocycles. The molecule has 1 heterocycles. The van der Waals surface area contributed by atoms with Crippen molar-refractivity contribution in [1.82, 2.24) is 4.72 Å². The van der Waals surface area contributed by atoms with Crippen molar-refractivity contribution in [2.45, 2.75) is 37.1 Å². The molecule has 1 aliphatic rings. The largest absolute Gasteiger partial charge is 0.328 e. The molecule has 0 spiro atoms. The van der Waals surface area contributed by atoms with E-state index in [-0.39, 0.29) is 16.8 Å². The average Bonchev–Trinajstić information content (AvgIpc) is 2.84. The Morgan fingerprint density at radius 1 is 1.33 bits per heavy atom. The molecule has 2 rings (SSSR count). The first-order chi connectivity index (χ1) is 9.90. The molecule has 0 radical (unpaired) electrons. The van der Waals surface area contributed by atoms with Crippen molar-refractivity contribution in [2.75, 3.05) is 18.0 Å². The molecule has 1 aliphatic heterocycles. The van der Waals surface area contributed by atoms with E-state index in [2.05, 4.69) is 4.72 Å². The predicted octanol–water partition coefficient (Wildman–Crippen LogP) is 0.829. The smallest absolute Gasteiger partial charge is 0.240 e. The van der Waals surface area contributed by atoms with Crippen molar-refractivity contribution in [3.63, 3.8) is 0 Å². The highest BCUT2D eigenvalue weighted by Gasteiger charge is 2.22. The lowest BCUT2D eigenvalue weighted by atomic mass is 10.3. The van der Waals surface area contributed by atoms with Crippen LogP contribution < -0.4 is 15.4 Å². The van der Waals surface area contributed by atoms with E-state index in [1.54, 1.807) is 17.0 Å². The number of nitrogens with one attached hydrogen (secondary N) is 1. The summed E-state index contributed by atoms with van der Waals surface area (Å²) >= 11 is 0. The van der Waals surface area contributed by atoms with Crippen LogP contribution in [-0.2, 0) is 14.8 Å². The number of anilines is 1. The number of nitrogens with two attached hydrogens (primary N) is 1. The monoisotopic (exact) mass is 311 g/mol. The molecule has 1 aromatic rings. The van der Waals surface area contributed by atoms with Crippen LogP contribution in [0.3, 0.4) is 0 Å². The number of carbonyl (C=O) groups excluding carboxylic acids is 1. The standard InChI is InChI=1S/C14H21N3O3S/c1-11(15)8-9-16-21(19,20)13-6-4-12(5-7-13)17-10-2-3-14(17)18/h4-7,11,16H,2-3,8-10,15H2,1H3. The first kappa shape index (κ1) is 15.9. The summed E-state index contributed by atoms with van der Waals surface area (Å²) in [6.45, 7) is 2.83. The van der Waals surface area contributed by atoms with Crippen LogP contribution in [0, 0.1) is 0 Å². The number of hydrogen-bond donors (Lipinski definition) is 2. The van der Waals surface area contributed by atoms with Gasteiger partial charge >= 0.3 is 0 Å². The lowest BCUT2D eigenvalue weighted by Gasteiger charge is -2.16. The van der Waals surface area contributed by atoms with Crippen LogP contribution in [0.25, 0.3) is 0 Å². The van der Waals surface area contributed by atoms with Gasteiger partial charge in [0.15, 0.2) is 0 Å². The Hall–Kier alpha value is -1.44. The molecule has 7 heteroatoms. The zero-order valence-electron chi connectivity index (χ0n) is 12.1. The van der Waals surface area contributed by atoms with Crippen molar-refractivity contribution >= 4 is 21.6 Å². The first-order valence-electron chi connectivity index (χ1n) is 7.06. The van der Waals surface area contributed by atoms with Gasteiger partial charge in [-0.1, -0.05) is 0 Å². The van der Waals surface area contributed by atoms with E-state index in [9.17, 15) is 13.2 Å². The number of nitrogens with zero attached hydrogens (tertiary/aromatic N) is 1. The normalized spacial score (nSPS) is 17.2.